The van der Waals surface area contributed by atoms with Crippen molar-refractivity contribution in [3.05, 3.63) is 83.4 Å². The van der Waals surface area contributed by atoms with Crippen LogP contribution >= 0.6 is 11.6 Å². The van der Waals surface area contributed by atoms with E-state index in [1.54, 1.807) is 49.7 Å². The monoisotopic (exact) mass is 394 g/mol. The standard InChI is InChI=1S/C22H19ClN2O3/c1-27-20-11-7-18(8-12-20)24-14-16-5-9-21(10-6-16)28-15-22(26)25-19-4-2-3-17(23)13-19/h2-14H,15H2,1H3,(H,25,26). The van der Waals surface area contributed by atoms with Crippen molar-refractivity contribution in [2.24, 2.45) is 4.99 Å². The zero-order valence-electron chi connectivity index (χ0n) is 15.3. The first-order valence-corrected chi connectivity index (χ1v) is 8.96. The van der Waals surface area contributed by atoms with Gasteiger partial charge in [0.05, 0.1) is 12.8 Å². The Kier molecular flexibility index (Phi) is 6.65. The van der Waals surface area contributed by atoms with Crippen LogP contribution in [0.3, 0.4) is 0 Å². The van der Waals surface area contributed by atoms with Crippen LogP contribution in [-0.4, -0.2) is 25.8 Å². The van der Waals surface area contributed by atoms with E-state index >= 15 is 0 Å². The first-order chi connectivity index (χ1) is 13.6. The molecular weight excluding hydrogens is 376 g/mol. The van der Waals surface area contributed by atoms with Crippen LogP contribution in [0.25, 0.3) is 0 Å². The summed E-state index contributed by atoms with van der Waals surface area (Å²) in [6.45, 7) is -0.0915. The molecule has 0 radical (unpaired) electrons. The van der Waals surface area contributed by atoms with Gasteiger partial charge in [-0.25, -0.2) is 0 Å². The van der Waals surface area contributed by atoms with Gasteiger partial charge in [-0.3, -0.25) is 9.79 Å². The molecule has 0 bridgehead atoms. The van der Waals surface area contributed by atoms with Crippen molar-refractivity contribution in [1.82, 2.24) is 0 Å². The maximum absolute atomic E-state index is 12.0. The van der Waals surface area contributed by atoms with E-state index in [1.165, 1.54) is 0 Å². The van der Waals surface area contributed by atoms with Crippen LogP contribution in [0.2, 0.25) is 5.02 Å². The number of aliphatic imine (C=N–C) groups is 1. The lowest BCUT2D eigenvalue weighted by atomic mass is 10.2. The number of benzene rings is 3. The van der Waals surface area contributed by atoms with Crippen LogP contribution in [0.15, 0.2) is 77.8 Å². The molecule has 3 aromatic rings. The molecule has 0 aliphatic rings. The molecule has 0 aromatic heterocycles. The molecule has 0 fully saturated rings. The lowest BCUT2D eigenvalue weighted by molar-refractivity contribution is -0.118. The Balaban J connectivity index is 1.51. The van der Waals surface area contributed by atoms with Crippen molar-refractivity contribution >= 4 is 35.1 Å². The van der Waals surface area contributed by atoms with Crippen LogP contribution in [0.5, 0.6) is 11.5 Å². The van der Waals surface area contributed by atoms with Gasteiger partial charge in [0.15, 0.2) is 6.61 Å². The number of anilines is 1. The molecule has 0 spiro atoms. The fourth-order valence-corrected chi connectivity index (χ4v) is 2.57. The highest BCUT2D eigenvalue weighted by Gasteiger charge is 2.04. The lowest BCUT2D eigenvalue weighted by Gasteiger charge is -2.08. The van der Waals surface area contributed by atoms with Crippen LogP contribution in [0.1, 0.15) is 5.56 Å². The summed E-state index contributed by atoms with van der Waals surface area (Å²) >= 11 is 5.90. The molecule has 1 N–H and O–H groups in total. The molecule has 6 heteroatoms. The molecule has 0 atom stereocenters. The largest absolute Gasteiger partial charge is 0.497 e. The summed E-state index contributed by atoms with van der Waals surface area (Å²) in [4.78, 5) is 16.4. The normalized spacial score (nSPS) is 10.6. The minimum Gasteiger partial charge on any atom is -0.497 e. The zero-order valence-corrected chi connectivity index (χ0v) is 16.0. The topological polar surface area (TPSA) is 59.9 Å². The minimum atomic E-state index is -0.257. The Morgan fingerprint density at radius 3 is 2.43 bits per heavy atom. The Morgan fingerprint density at radius 1 is 1.04 bits per heavy atom. The third-order valence-corrected chi connectivity index (χ3v) is 4.03. The number of methoxy groups -OCH3 is 1. The molecule has 28 heavy (non-hydrogen) atoms. The summed E-state index contributed by atoms with van der Waals surface area (Å²) in [5, 5.41) is 3.29. The van der Waals surface area contributed by atoms with E-state index in [4.69, 9.17) is 21.1 Å². The highest BCUT2D eigenvalue weighted by Crippen LogP contribution is 2.18. The number of hydrogen-bond acceptors (Lipinski definition) is 4. The third kappa shape index (κ3) is 5.86. The average Bonchev–Trinajstić information content (AvgIpc) is 2.72. The van der Waals surface area contributed by atoms with E-state index < -0.39 is 0 Å². The van der Waals surface area contributed by atoms with Gasteiger partial charge in [-0.05, 0) is 72.3 Å². The van der Waals surface area contributed by atoms with Crippen LogP contribution < -0.4 is 14.8 Å². The summed E-state index contributed by atoms with van der Waals surface area (Å²) in [5.74, 6) is 1.13. The van der Waals surface area contributed by atoms with E-state index in [-0.39, 0.29) is 12.5 Å². The van der Waals surface area contributed by atoms with E-state index in [1.807, 2.05) is 36.4 Å². The Hall–Kier alpha value is -3.31. The van der Waals surface area contributed by atoms with Gasteiger partial charge in [-0.2, -0.15) is 0 Å². The number of hydrogen-bond donors (Lipinski definition) is 1. The summed E-state index contributed by atoms with van der Waals surface area (Å²) in [6, 6.07) is 21.8. The second kappa shape index (κ2) is 9.58. The fourth-order valence-electron chi connectivity index (χ4n) is 2.38. The molecule has 0 saturated carbocycles. The molecular formula is C22H19ClN2O3. The average molecular weight is 395 g/mol. The number of rotatable bonds is 7. The van der Waals surface area contributed by atoms with Gasteiger partial charge < -0.3 is 14.8 Å². The predicted octanol–water partition coefficient (Wildman–Crippen LogP) is 5.12. The third-order valence-electron chi connectivity index (χ3n) is 3.79. The smallest absolute Gasteiger partial charge is 0.262 e. The Bertz CT molecular complexity index is 954. The summed E-state index contributed by atoms with van der Waals surface area (Å²) < 4.78 is 10.6. The van der Waals surface area contributed by atoms with Gasteiger partial charge >= 0.3 is 0 Å². The number of halogens is 1. The van der Waals surface area contributed by atoms with Gasteiger partial charge in [-0.15, -0.1) is 0 Å². The van der Waals surface area contributed by atoms with Crippen molar-refractivity contribution in [2.45, 2.75) is 0 Å². The van der Waals surface area contributed by atoms with E-state index in [0.717, 1.165) is 17.0 Å². The number of nitrogens with zero attached hydrogens (tertiary/aromatic N) is 1. The van der Waals surface area contributed by atoms with E-state index in [2.05, 4.69) is 10.3 Å². The number of carbonyl (C=O) groups excluding carboxylic acids is 1. The summed E-state index contributed by atoms with van der Waals surface area (Å²) in [6.07, 6.45) is 1.76. The van der Waals surface area contributed by atoms with E-state index in [9.17, 15) is 4.79 Å². The summed E-state index contributed by atoms with van der Waals surface area (Å²) in [7, 11) is 1.63. The highest BCUT2D eigenvalue weighted by molar-refractivity contribution is 6.30. The van der Waals surface area contributed by atoms with Crippen LogP contribution in [0.4, 0.5) is 11.4 Å². The first-order valence-electron chi connectivity index (χ1n) is 8.59. The van der Waals surface area contributed by atoms with Gasteiger partial charge in [0.25, 0.3) is 5.91 Å². The summed E-state index contributed by atoms with van der Waals surface area (Å²) in [5.41, 5.74) is 2.39. The number of amides is 1. The molecule has 1 amide bonds. The van der Waals surface area contributed by atoms with Crippen molar-refractivity contribution < 1.29 is 14.3 Å². The maximum Gasteiger partial charge on any atom is 0.262 e. The van der Waals surface area contributed by atoms with Gasteiger partial charge in [0.2, 0.25) is 0 Å². The maximum atomic E-state index is 12.0. The second-order valence-electron chi connectivity index (χ2n) is 5.87. The highest BCUT2D eigenvalue weighted by atomic mass is 35.5. The fraction of sp³-hybridized carbons (Fsp3) is 0.0909. The van der Waals surface area contributed by atoms with Crippen molar-refractivity contribution in [1.29, 1.82) is 0 Å². The predicted molar refractivity (Wildman–Crippen MR) is 112 cm³/mol. The van der Waals surface area contributed by atoms with Gasteiger partial charge in [-0.1, -0.05) is 17.7 Å². The molecule has 0 heterocycles. The SMILES string of the molecule is COc1ccc(N=Cc2ccc(OCC(=O)Nc3cccc(Cl)c3)cc2)cc1. The second-order valence-corrected chi connectivity index (χ2v) is 6.31. The molecule has 142 valence electrons. The first kappa shape index (κ1) is 19.5. The Labute approximate surface area is 168 Å². The van der Waals surface area contributed by atoms with Crippen LogP contribution in [0, 0.1) is 0 Å². The van der Waals surface area contributed by atoms with Gasteiger partial charge in [0.1, 0.15) is 11.5 Å². The number of ether oxygens (including phenoxy) is 2. The van der Waals surface area contributed by atoms with Gasteiger partial charge in [0, 0.05) is 16.9 Å². The Morgan fingerprint density at radius 2 is 1.75 bits per heavy atom. The quantitative estimate of drug-likeness (QED) is 0.566. The lowest BCUT2D eigenvalue weighted by Crippen LogP contribution is -2.20. The molecule has 3 rings (SSSR count). The van der Waals surface area contributed by atoms with Crippen molar-refractivity contribution in [2.75, 3.05) is 19.0 Å². The number of nitrogens with one attached hydrogen (secondary N) is 1. The minimum absolute atomic E-state index is 0.0915. The molecule has 0 saturated heterocycles. The number of carbonyl (C=O) groups is 1. The molecule has 0 unspecified atom stereocenters. The molecule has 0 aliphatic heterocycles. The van der Waals surface area contributed by atoms with Crippen molar-refractivity contribution in [3.8, 4) is 11.5 Å². The molecule has 3 aromatic carbocycles. The molecule has 0 aliphatic carbocycles. The molecule has 5 nitrogen and oxygen atoms in total. The van der Waals surface area contributed by atoms with Crippen molar-refractivity contribution in [3.63, 3.8) is 0 Å². The van der Waals surface area contributed by atoms with E-state index in [0.29, 0.717) is 16.5 Å². The van der Waals surface area contributed by atoms with Crippen LogP contribution in [-0.2, 0) is 4.79 Å². The zero-order chi connectivity index (χ0) is 19.8.